The zero-order chi connectivity index (χ0) is 25.4. The smallest absolute Gasteiger partial charge is 0.223 e. The van der Waals surface area contributed by atoms with Crippen LogP contribution < -0.4 is 10.2 Å². The molecular weight excluding hydrogens is 478 g/mol. The number of piperidine rings is 1. The minimum atomic E-state index is 0.0235. The van der Waals surface area contributed by atoms with Crippen LogP contribution in [0.1, 0.15) is 29.7 Å². The normalized spacial score (nSPS) is 14.4. The number of nitrogens with zero attached hydrogens (tertiary/aromatic N) is 4. The van der Waals surface area contributed by atoms with Crippen LogP contribution in [0, 0.1) is 19.8 Å². The summed E-state index contributed by atoms with van der Waals surface area (Å²) in [5.74, 6) is 1.11. The first-order valence-corrected chi connectivity index (χ1v) is 13.6. The molecule has 7 heteroatoms. The predicted molar refractivity (Wildman–Crippen MR) is 151 cm³/mol. The number of aryl methyl sites for hydroxylation is 2. The van der Waals surface area contributed by atoms with Crippen molar-refractivity contribution in [2.24, 2.45) is 5.92 Å². The van der Waals surface area contributed by atoms with E-state index >= 15 is 0 Å². The van der Waals surface area contributed by atoms with Crippen molar-refractivity contribution in [1.29, 1.82) is 0 Å². The van der Waals surface area contributed by atoms with Crippen LogP contribution in [0.4, 0.5) is 5.82 Å². The lowest BCUT2D eigenvalue weighted by molar-refractivity contribution is -0.125. The number of thiophene rings is 1. The maximum absolute atomic E-state index is 12.9. The number of pyridine rings is 1. The number of nitrogens with one attached hydrogen (secondary N) is 1. The summed E-state index contributed by atoms with van der Waals surface area (Å²) in [6, 6.07) is 20.9. The second-order valence-electron chi connectivity index (χ2n) is 9.80. The number of carbonyl (C=O) groups is 1. The van der Waals surface area contributed by atoms with Gasteiger partial charge in [0.2, 0.25) is 5.91 Å². The molecule has 0 spiro atoms. The summed E-state index contributed by atoms with van der Waals surface area (Å²) in [6.45, 7) is 6.27. The molecule has 0 saturated carbocycles. The molecule has 1 N–H and O–H groups in total. The third-order valence-corrected chi connectivity index (χ3v) is 8.24. The first kappa shape index (κ1) is 23.6. The van der Waals surface area contributed by atoms with Gasteiger partial charge < -0.3 is 10.2 Å². The Morgan fingerprint density at radius 1 is 1.03 bits per heavy atom. The second kappa shape index (κ2) is 9.90. The number of anilines is 1. The lowest BCUT2D eigenvalue weighted by atomic mass is 9.95. The maximum atomic E-state index is 12.9. The highest BCUT2D eigenvalue weighted by Gasteiger charge is 2.27. The first-order chi connectivity index (χ1) is 18.1. The van der Waals surface area contributed by atoms with Gasteiger partial charge in [-0.3, -0.25) is 4.79 Å². The summed E-state index contributed by atoms with van der Waals surface area (Å²) in [7, 11) is 0. The van der Waals surface area contributed by atoms with Gasteiger partial charge in [0, 0.05) is 36.6 Å². The van der Waals surface area contributed by atoms with E-state index in [0.717, 1.165) is 74.6 Å². The Hall–Kier alpha value is -3.84. The Morgan fingerprint density at radius 3 is 2.54 bits per heavy atom. The largest absolute Gasteiger partial charge is 0.355 e. The predicted octanol–water partition coefficient (Wildman–Crippen LogP) is 6.06. The minimum absolute atomic E-state index is 0.0235. The lowest BCUT2D eigenvalue weighted by Crippen LogP contribution is -2.40. The summed E-state index contributed by atoms with van der Waals surface area (Å²) >= 11 is 1.66. The van der Waals surface area contributed by atoms with Crippen molar-refractivity contribution >= 4 is 43.5 Å². The van der Waals surface area contributed by atoms with Gasteiger partial charge in [-0.15, -0.1) is 11.3 Å². The highest BCUT2D eigenvalue weighted by Crippen LogP contribution is 2.41. The van der Waals surface area contributed by atoms with Crippen LogP contribution >= 0.6 is 11.3 Å². The Kier molecular flexibility index (Phi) is 6.30. The van der Waals surface area contributed by atoms with E-state index in [9.17, 15) is 4.79 Å². The van der Waals surface area contributed by atoms with Crippen molar-refractivity contribution in [1.82, 2.24) is 20.3 Å². The topological polar surface area (TPSA) is 71.0 Å². The number of fused-ring (bicyclic) bond motifs is 3. The van der Waals surface area contributed by atoms with Gasteiger partial charge in [0.15, 0.2) is 0 Å². The van der Waals surface area contributed by atoms with Gasteiger partial charge in [0.25, 0.3) is 0 Å². The van der Waals surface area contributed by atoms with Crippen molar-refractivity contribution < 1.29 is 4.79 Å². The van der Waals surface area contributed by atoms with Crippen LogP contribution in [-0.2, 0) is 11.3 Å². The van der Waals surface area contributed by atoms with Gasteiger partial charge in [-0.1, -0.05) is 60.2 Å². The molecule has 5 aromatic rings. The molecule has 2 aromatic carbocycles. The number of hydrogen-bond acceptors (Lipinski definition) is 6. The summed E-state index contributed by atoms with van der Waals surface area (Å²) in [5, 5.41) is 4.22. The fourth-order valence-corrected chi connectivity index (χ4v) is 6.36. The van der Waals surface area contributed by atoms with Crippen LogP contribution in [0.25, 0.3) is 31.6 Å². The van der Waals surface area contributed by atoms with E-state index in [1.54, 1.807) is 17.7 Å². The fraction of sp³-hybridized carbons (Fsp3) is 0.267. The second-order valence-corrected chi connectivity index (χ2v) is 10.8. The molecule has 37 heavy (non-hydrogen) atoms. The molecule has 4 heterocycles. The number of amides is 1. The summed E-state index contributed by atoms with van der Waals surface area (Å²) in [6.07, 6.45) is 3.28. The van der Waals surface area contributed by atoms with Gasteiger partial charge in [0.05, 0.1) is 10.2 Å². The first-order valence-electron chi connectivity index (χ1n) is 12.8. The van der Waals surface area contributed by atoms with E-state index in [4.69, 9.17) is 15.0 Å². The van der Waals surface area contributed by atoms with Crippen LogP contribution in [0.2, 0.25) is 0 Å². The van der Waals surface area contributed by atoms with E-state index < -0.39 is 0 Å². The average molecular weight is 508 g/mol. The highest BCUT2D eigenvalue weighted by atomic mass is 32.1. The third-order valence-electron chi connectivity index (χ3n) is 7.17. The Balaban J connectivity index is 1.23. The number of aromatic nitrogens is 3. The molecule has 1 amide bonds. The molecule has 6 rings (SSSR count). The molecule has 1 saturated heterocycles. The molecule has 1 aliphatic rings. The Morgan fingerprint density at radius 2 is 1.78 bits per heavy atom. The van der Waals surface area contributed by atoms with Gasteiger partial charge in [0.1, 0.15) is 17.0 Å². The molecular formula is C30H29N5OS. The van der Waals surface area contributed by atoms with Gasteiger partial charge >= 0.3 is 0 Å². The van der Waals surface area contributed by atoms with E-state index in [2.05, 4.69) is 71.7 Å². The lowest BCUT2D eigenvalue weighted by Gasteiger charge is -2.32. The van der Waals surface area contributed by atoms with Crippen molar-refractivity contribution in [2.45, 2.75) is 33.2 Å². The number of rotatable bonds is 5. The molecule has 1 aliphatic heterocycles. The molecule has 0 bridgehead atoms. The zero-order valence-corrected chi connectivity index (χ0v) is 21.9. The maximum Gasteiger partial charge on any atom is 0.223 e. The van der Waals surface area contributed by atoms with Gasteiger partial charge in [-0.25, -0.2) is 15.0 Å². The average Bonchev–Trinajstić information content (AvgIpc) is 3.31. The summed E-state index contributed by atoms with van der Waals surface area (Å²) in [5.41, 5.74) is 6.61. The number of hydrogen-bond donors (Lipinski definition) is 1. The molecule has 0 unspecified atom stereocenters. The number of benzene rings is 2. The van der Waals surface area contributed by atoms with E-state index in [1.807, 2.05) is 13.0 Å². The van der Waals surface area contributed by atoms with Crippen molar-refractivity contribution in [2.75, 3.05) is 18.0 Å². The molecule has 186 valence electrons. The molecule has 0 radical (unpaired) electrons. The van der Waals surface area contributed by atoms with Crippen LogP contribution in [0.3, 0.4) is 0 Å². The van der Waals surface area contributed by atoms with E-state index in [0.29, 0.717) is 6.54 Å². The van der Waals surface area contributed by atoms with Crippen LogP contribution in [0.5, 0.6) is 0 Å². The Bertz CT molecular complexity index is 1570. The SMILES string of the molecule is Cc1ccc(CNC(=O)C2CCN(c3ncnc4c3sc3nc(C)cc(-c5ccccc5)c34)CC2)cc1. The zero-order valence-electron chi connectivity index (χ0n) is 21.1. The molecule has 6 nitrogen and oxygen atoms in total. The Labute approximate surface area is 220 Å². The van der Waals surface area contributed by atoms with E-state index in [-0.39, 0.29) is 11.8 Å². The van der Waals surface area contributed by atoms with Crippen molar-refractivity contribution in [3.05, 3.63) is 83.8 Å². The quantitative estimate of drug-likeness (QED) is 0.313. The minimum Gasteiger partial charge on any atom is -0.355 e. The molecule has 0 atom stereocenters. The summed E-state index contributed by atoms with van der Waals surface area (Å²) < 4.78 is 1.06. The highest BCUT2D eigenvalue weighted by molar-refractivity contribution is 7.26. The monoisotopic (exact) mass is 507 g/mol. The fourth-order valence-electron chi connectivity index (χ4n) is 5.14. The van der Waals surface area contributed by atoms with Crippen LogP contribution in [0.15, 0.2) is 67.0 Å². The summed E-state index contributed by atoms with van der Waals surface area (Å²) in [4.78, 5) is 30.4. The van der Waals surface area contributed by atoms with E-state index in [1.165, 1.54) is 5.56 Å². The van der Waals surface area contributed by atoms with Gasteiger partial charge in [-0.05, 0) is 49.4 Å². The van der Waals surface area contributed by atoms with Crippen molar-refractivity contribution in [3.63, 3.8) is 0 Å². The standard InChI is InChI=1S/C30H29N5OS/c1-19-8-10-21(11-9-19)17-31-29(36)23-12-14-35(15-13-23)28-27-26(32-18-33-28)25-24(22-6-4-3-5-7-22)16-20(2)34-30(25)37-27/h3-11,16,18,23H,12-15,17H2,1-2H3,(H,31,36). The molecule has 1 fully saturated rings. The molecule has 3 aromatic heterocycles. The number of carbonyl (C=O) groups excluding carboxylic acids is 1. The third kappa shape index (κ3) is 4.67. The van der Waals surface area contributed by atoms with Crippen LogP contribution in [-0.4, -0.2) is 33.9 Å². The van der Waals surface area contributed by atoms with Crippen molar-refractivity contribution in [3.8, 4) is 11.1 Å². The van der Waals surface area contributed by atoms with Gasteiger partial charge in [-0.2, -0.15) is 0 Å². The molecule has 0 aliphatic carbocycles.